The number of pyridine rings is 1. The standard InChI is InChI=1S/C16H12BrFN2/c17-15-8-13(18)5-4-12(15)10-20-16-3-1-2-11-9-19-7-6-14(11)16/h1-9,20H,10H2. The molecule has 0 aliphatic carbocycles. The Hall–Kier alpha value is -1.94. The molecule has 0 spiro atoms. The molecule has 0 unspecified atom stereocenters. The van der Waals surface area contributed by atoms with Crippen LogP contribution in [0.1, 0.15) is 5.56 Å². The molecular weight excluding hydrogens is 319 g/mol. The minimum Gasteiger partial charge on any atom is -0.380 e. The Kier molecular flexibility index (Phi) is 3.65. The van der Waals surface area contributed by atoms with Gasteiger partial charge in [0, 0.05) is 39.9 Å². The maximum atomic E-state index is 13.1. The Balaban J connectivity index is 1.87. The second kappa shape index (κ2) is 5.59. The van der Waals surface area contributed by atoms with Gasteiger partial charge in [0.2, 0.25) is 0 Å². The molecule has 0 bridgehead atoms. The van der Waals surface area contributed by atoms with Crippen LogP contribution in [0.2, 0.25) is 0 Å². The molecule has 1 aromatic heterocycles. The highest BCUT2D eigenvalue weighted by Crippen LogP contribution is 2.24. The number of aromatic nitrogens is 1. The van der Waals surface area contributed by atoms with Crippen LogP contribution in [-0.2, 0) is 6.54 Å². The fourth-order valence-corrected chi connectivity index (χ4v) is 2.62. The van der Waals surface area contributed by atoms with Gasteiger partial charge in [0.05, 0.1) is 0 Å². The molecule has 0 fully saturated rings. The zero-order valence-corrected chi connectivity index (χ0v) is 12.2. The molecule has 0 saturated heterocycles. The van der Waals surface area contributed by atoms with Crippen molar-refractivity contribution in [2.45, 2.75) is 6.54 Å². The lowest BCUT2D eigenvalue weighted by Crippen LogP contribution is -2.01. The van der Waals surface area contributed by atoms with E-state index in [9.17, 15) is 4.39 Å². The minimum absolute atomic E-state index is 0.239. The maximum Gasteiger partial charge on any atom is 0.124 e. The van der Waals surface area contributed by atoms with Gasteiger partial charge in [-0.3, -0.25) is 4.98 Å². The molecular formula is C16H12BrFN2. The molecule has 0 aliphatic heterocycles. The van der Waals surface area contributed by atoms with Gasteiger partial charge in [-0.15, -0.1) is 0 Å². The number of hydrogen-bond acceptors (Lipinski definition) is 2. The Morgan fingerprint density at radius 1 is 1.15 bits per heavy atom. The van der Waals surface area contributed by atoms with E-state index >= 15 is 0 Å². The first-order chi connectivity index (χ1) is 9.74. The number of anilines is 1. The normalized spacial score (nSPS) is 10.7. The average Bonchev–Trinajstić information content (AvgIpc) is 2.46. The van der Waals surface area contributed by atoms with Gasteiger partial charge in [-0.2, -0.15) is 0 Å². The van der Waals surface area contributed by atoms with Crippen molar-refractivity contribution in [2.75, 3.05) is 5.32 Å². The number of hydrogen-bond donors (Lipinski definition) is 1. The second-order valence-corrected chi connectivity index (χ2v) is 5.35. The highest BCUT2D eigenvalue weighted by molar-refractivity contribution is 9.10. The Bertz CT molecular complexity index is 753. The average molecular weight is 331 g/mol. The number of halogens is 2. The largest absolute Gasteiger partial charge is 0.380 e. The van der Waals surface area contributed by atoms with E-state index in [2.05, 4.69) is 26.2 Å². The fraction of sp³-hybridized carbons (Fsp3) is 0.0625. The number of nitrogens with one attached hydrogen (secondary N) is 1. The van der Waals surface area contributed by atoms with Crippen LogP contribution in [0.4, 0.5) is 10.1 Å². The van der Waals surface area contributed by atoms with Gasteiger partial charge >= 0.3 is 0 Å². The molecule has 2 nitrogen and oxygen atoms in total. The lowest BCUT2D eigenvalue weighted by Gasteiger charge is -2.11. The van der Waals surface area contributed by atoms with Crippen molar-refractivity contribution in [1.29, 1.82) is 0 Å². The molecule has 3 aromatic rings. The van der Waals surface area contributed by atoms with Crippen molar-refractivity contribution in [3.05, 3.63) is 70.7 Å². The molecule has 0 aliphatic rings. The van der Waals surface area contributed by atoms with E-state index in [1.165, 1.54) is 12.1 Å². The minimum atomic E-state index is -0.239. The van der Waals surface area contributed by atoms with Crippen molar-refractivity contribution in [3.63, 3.8) is 0 Å². The van der Waals surface area contributed by atoms with Gasteiger partial charge in [0.1, 0.15) is 5.82 Å². The van der Waals surface area contributed by atoms with Crippen molar-refractivity contribution in [2.24, 2.45) is 0 Å². The predicted molar refractivity (Wildman–Crippen MR) is 83.2 cm³/mol. The number of nitrogens with zero attached hydrogens (tertiary/aromatic N) is 1. The van der Waals surface area contributed by atoms with Crippen molar-refractivity contribution in [1.82, 2.24) is 4.98 Å². The molecule has 1 N–H and O–H groups in total. The summed E-state index contributed by atoms with van der Waals surface area (Å²) in [6, 6.07) is 12.8. The van der Waals surface area contributed by atoms with Gasteiger partial charge in [0.25, 0.3) is 0 Å². The van der Waals surface area contributed by atoms with Crippen molar-refractivity contribution >= 4 is 32.4 Å². The maximum absolute atomic E-state index is 13.1. The van der Waals surface area contributed by atoms with Crippen LogP contribution < -0.4 is 5.32 Å². The first-order valence-electron chi connectivity index (χ1n) is 6.24. The molecule has 1 heterocycles. The van der Waals surface area contributed by atoms with E-state index < -0.39 is 0 Å². The number of fused-ring (bicyclic) bond motifs is 1. The Labute approximate surface area is 124 Å². The molecule has 100 valence electrons. The lowest BCUT2D eigenvalue weighted by molar-refractivity contribution is 0.626. The Morgan fingerprint density at radius 2 is 2.05 bits per heavy atom. The third kappa shape index (κ3) is 2.65. The van der Waals surface area contributed by atoms with Crippen LogP contribution in [0.5, 0.6) is 0 Å². The molecule has 0 saturated carbocycles. The molecule has 0 atom stereocenters. The molecule has 0 radical (unpaired) electrons. The third-order valence-electron chi connectivity index (χ3n) is 3.17. The first kappa shape index (κ1) is 13.1. The predicted octanol–water partition coefficient (Wildman–Crippen LogP) is 4.75. The summed E-state index contributed by atoms with van der Waals surface area (Å²) in [4.78, 5) is 4.12. The number of benzene rings is 2. The number of rotatable bonds is 3. The van der Waals surface area contributed by atoms with Crippen LogP contribution in [0.25, 0.3) is 10.8 Å². The van der Waals surface area contributed by atoms with Gasteiger partial charge in [0.15, 0.2) is 0 Å². The van der Waals surface area contributed by atoms with E-state index in [1.807, 2.05) is 30.5 Å². The fourth-order valence-electron chi connectivity index (χ4n) is 2.13. The van der Waals surface area contributed by atoms with E-state index in [0.29, 0.717) is 6.54 Å². The Morgan fingerprint density at radius 3 is 2.90 bits per heavy atom. The van der Waals surface area contributed by atoms with Crippen LogP contribution in [0.15, 0.2) is 59.3 Å². The topological polar surface area (TPSA) is 24.9 Å². The summed E-state index contributed by atoms with van der Waals surface area (Å²) in [6.45, 7) is 0.627. The third-order valence-corrected chi connectivity index (χ3v) is 3.90. The molecule has 0 amide bonds. The quantitative estimate of drug-likeness (QED) is 0.749. The summed E-state index contributed by atoms with van der Waals surface area (Å²) in [6.07, 6.45) is 3.62. The molecule has 20 heavy (non-hydrogen) atoms. The van der Waals surface area contributed by atoms with Gasteiger partial charge in [-0.05, 0) is 29.8 Å². The summed E-state index contributed by atoms with van der Waals surface area (Å²) in [5, 5.41) is 5.60. The van der Waals surface area contributed by atoms with E-state index in [1.54, 1.807) is 12.3 Å². The lowest BCUT2D eigenvalue weighted by atomic mass is 10.1. The van der Waals surface area contributed by atoms with Gasteiger partial charge < -0.3 is 5.32 Å². The summed E-state index contributed by atoms with van der Waals surface area (Å²) in [5.41, 5.74) is 2.05. The van der Waals surface area contributed by atoms with E-state index in [-0.39, 0.29) is 5.82 Å². The second-order valence-electron chi connectivity index (χ2n) is 4.49. The van der Waals surface area contributed by atoms with E-state index in [4.69, 9.17) is 0 Å². The van der Waals surface area contributed by atoms with Crippen LogP contribution in [-0.4, -0.2) is 4.98 Å². The van der Waals surface area contributed by atoms with Crippen molar-refractivity contribution in [3.8, 4) is 0 Å². The van der Waals surface area contributed by atoms with Crippen LogP contribution >= 0.6 is 15.9 Å². The first-order valence-corrected chi connectivity index (χ1v) is 7.04. The zero-order valence-electron chi connectivity index (χ0n) is 10.6. The van der Waals surface area contributed by atoms with E-state index in [0.717, 1.165) is 26.5 Å². The highest BCUT2D eigenvalue weighted by atomic mass is 79.9. The van der Waals surface area contributed by atoms with Crippen LogP contribution in [0.3, 0.4) is 0 Å². The highest BCUT2D eigenvalue weighted by Gasteiger charge is 2.03. The summed E-state index contributed by atoms with van der Waals surface area (Å²) < 4.78 is 13.8. The van der Waals surface area contributed by atoms with Gasteiger partial charge in [-0.25, -0.2) is 4.39 Å². The summed E-state index contributed by atoms with van der Waals surface area (Å²) in [7, 11) is 0. The van der Waals surface area contributed by atoms with Crippen LogP contribution in [0, 0.1) is 5.82 Å². The molecule has 2 aromatic carbocycles. The summed E-state index contributed by atoms with van der Waals surface area (Å²) in [5.74, 6) is -0.239. The summed E-state index contributed by atoms with van der Waals surface area (Å²) >= 11 is 3.38. The van der Waals surface area contributed by atoms with Crippen molar-refractivity contribution < 1.29 is 4.39 Å². The molecule has 4 heteroatoms. The smallest absolute Gasteiger partial charge is 0.124 e. The zero-order chi connectivity index (χ0) is 13.9. The molecule has 3 rings (SSSR count). The monoisotopic (exact) mass is 330 g/mol. The van der Waals surface area contributed by atoms with Gasteiger partial charge in [-0.1, -0.05) is 34.1 Å². The SMILES string of the molecule is Fc1ccc(CNc2cccc3cnccc23)c(Br)c1.